The molecule has 0 bridgehead atoms. The van der Waals surface area contributed by atoms with Gasteiger partial charge in [-0.25, -0.2) is 0 Å². The zero-order valence-electron chi connectivity index (χ0n) is 8.10. The number of pyridine rings is 1. The van der Waals surface area contributed by atoms with Gasteiger partial charge in [0.2, 0.25) is 0 Å². The summed E-state index contributed by atoms with van der Waals surface area (Å²) in [6, 6.07) is 3.94. The monoisotopic (exact) mass is 211 g/mol. The number of hydrogen-bond donors (Lipinski definition) is 0. The molecule has 0 unspecified atom stereocenters. The van der Waals surface area contributed by atoms with Crippen molar-refractivity contribution in [1.29, 1.82) is 0 Å². The third-order valence-corrected chi connectivity index (χ3v) is 2.61. The van der Waals surface area contributed by atoms with Gasteiger partial charge in [-0.05, 0) is 18.6 Å². The SMILES string of the molecule is CC(=O)OCCCSc1ccncc1. The molecule has 1 aromatic heterocycles. The molecule has 0 fully saturated rings. The lowest BCUT2D eigenvalue weighted by molar-refractivity contribution is -0.140. The molecule has 0 saturated carbocycles. The van der Waals surface area contributed by atoms with Crippen molar-refractivity contribution in [2.45, 2.75) is 18.2 Å². The number of carbonyl (C=O) groups excluding carboxylic acids is 1. The van der Waals surface area contributed by atoms with Gasteiger partial charge >= 0.3 is 5.97 Å². The number of hydrogen-bond acceptors (Lipinski definition) is 4. The second kappa shape index (κ2) is 6.43. The molecule has 1 heterocycles. The van der Waals surface area contributed by atoms with Crippen LogP contribution in [0.15, 0.2) is 29.4 Å². The number of aromatic nitrogens is 1. The smallest absolute Gasteiger partial charge is 0.302 e. The molecule has 0 aliphatic heterocycles. The summed E-state index contributed by atoms with van der Waals surface area (Å²) in [7, 11) is 0. The average molecular weight is 211 g/mol. The summed E-state index contributed by atoms with van der Waals surface area (Å²) >= 11 is 1.74. The lowest BCUT2D eigenvalue weighted by Crippen LogP contribution is -2.01. The predicted molar refractivity (Wildman–Crippen MR) is 56.2 cm³/mol. The maximum Gasteiger partial charge on any atom is 0.302 e. The van der Waals surface area contributed by atoms with E-state index < -0.39 is 0 Å². The van der Waals surface area contributed by atoms with Crippen LogP contribution >= 0.6 is 11.8 Å². The van der Waals surface area contributed by atoms with Crippen LogP contribution in [0.4, 0.5) is 0 Å². The molecule has 76 valence electrons. The fraction of sp³-hybridized carbons (Fsp3) is 0.400. The minimum Gasteiger partial charge on any atom is -0.466 e. The van der Waals surface area contributed by atoms with Crippen LogP contribution < -0.4 is 0 Å². The Morgan fingerprint density at radius 3 is 2.86 bits per heavy atom. The van der Waals surface area contributed by atoms with E-state index in [4.69, 9.17) is 4.74 Å². The van der Waals surface area contributed by atoms with E-state index in [0.29, 0.717) is 6.61 Å². The van der Waals surface area contributed by atoms with Gasteiger partial charge in [0.1, 0.15) is 0 Å². The summed E-state index contributed by atoms with van der Waals surface area (Å²) in [5.74, 6) is 0.746. The van der Waals surface area contributed by atoms with Gasteiger partial charge in [-0.15, -0.1) is 11.8 Å². The van der Waals surface area contributed by atoms with Crippen LogP contribution in [0, 0.1) is 0 Å². The van der Waals surface area contributed by atoms with E-state index in [-0.39, 0.29) is 5.97 Å². The van der Waals surface area contributed by atoms with Gasteiger partial charge in [-0.3, -0.25) is 9.78 Å². The Morgan fingerprint density at radius 2 is 2.21 bits per heavy atom. The molecule has 1 aromatic rings. The molecule has 0 aliphatic rings. The van der Waals surface area contributed by atoms with E-state index in [0.717, 1.165) is 12.2 Å². The highest BCUT2D eigenvalue weighted by Gasteiger charge is 1.95. The topological polar surface area (TPSA) is 39.2 Å². The summed E-state index contributed by atoms with van der Waals surface area (Å²) in [5.41, 5.74) is 0. The number of ether oxygens (including phenoxy) is 1. The van der Waals surface area contributed by atoms with E-state index in [1.165, 1.54) is 11.8 Å². The molecule has 4 heteroatoms. The molecule has 0 aromatic carbocycles. The zero-order valence-corrected chi connectivity index (χ0v) is 8.92. The van der Waals surface area contributed by atoms with Crippen LogP contribution in [0.25, 0.3) is 0 Å². The molecule has 3 nitrogen and oxygen atoms in total. The molecule has 0 atom stereocenters. The van der Waals surface area contributed by atoms with Gasteiger partial charge in [-0.2, -0.15) is 0 Å². The summed E-state index contributed by atoms with van der Waals surface area (Å²) in [4.78, 5) is 15.6. The third kappa shape index (κ3) is 4.87. The quantitative estimate of drug-likeness (QED) is 0.425. The van der Waals surface area contributed by atoms with Crippen LogP contribution in [0.2, 0.25) is 0 Å². The van der Waals surface area contributed by atoms with Crippen molar-refractivity contribution < 1.29 is 9.53 Å². The maximum atomic E-state index is 10.4. The molecule has 0 spiro atoms. The summed E-state index contributed by atoms with van der Waals surface area (Å²) < 4.78 is 4.82. The fourth-order valence-electron chi connectivity index (χ4n) is 0.899. The molecular formula is C10H13NO2S. The molecule has 1 rings (SSSR count). The minimum absolute atomic E-state index is 0.209. The van der Waals surface area contributed by atoms with E-state index in [1.807, 2.05) is 12.1 Å². The van der Waals surface area contributed by atoms with E-state index in [2.05, 4.69) is 4.98 Å². The second-order valence-electron chi connectivity index (χ2n) is 2.72. The Labute approximate surface area is 87.9 Å². The Bertz CT molecular complexity index is 277. The predicted octanol–water partition coefficient (Wildman–Crippen LogP) is 2.13. The Kier molecular flexibility index (Phi) is 5.07. The van der Waals surface area contributed by atoms with Crippen molar-refractivity contribution in [1.82, 2.24) is 4.98 Å². The lowest BCUT2D eigenvalue weighted by Gasteiger charge is -2.01. The molecule has 0 aliphatic carbocycles. The normalized spacial score (nSPS) is 9.79. The first-order valence-corrected chi connectivity index (χ1v) is 5.44. The number of thioether (sulfide) groups is 1. The summed E-state index contributed by atoms with van der Waals surface area (Å²) in [6.07, 6.45) is 4.43. The molecule has 0 radical (unpaired) electrons. The molecular weight excluding hydrogens is 198 g/mol. The first-order chi connectivity index (χ1) is 6.79. The third-order valence-electron chi connectivity index (χ3n) is 1.51. The Hall–Kier alpha value is -1.03. The van der Waals surface area contributed by atoms with Crippen molar-refractivity contribution >= 4 is 17.7 Å². The van der Waals surface area contributed by atoms with Crippen molar-refractivity contribution in [3.8, 4) is 0 Å². The van der Waals surface area contributed by atoms with Crippen molar-refractivity contribution in [3.63, 3.8) is 0 Å². The number of rotatable bonds is 5. The van der Waals surface area contributed by atoms with Gasteiger partial charge in [0, 0.05) is 30.0 Å². The zero-order chi connectivity index (χ0) is 10.2. The minimum atomic E-state index is -0.209. The average Bonchev–Trinajstić information content (AvgIpc) is 2.18. The number of nitrogens with zero attached hydrogens (tertiary/aromatic N) is 1. The van der Waals surface area contributed by atoms with Crippen LogP contribution in [0.1, 0.15) is 13.3 Å². The largest absolute Gasteiger partial charge is 0.466 e. The Morgan fingerprint density at radius 1 is 1.50 bits per heavy atom. The standard InChI is InChI=1S/C10H13NO2S/c1-9(12)13-7-2-8-14-10-3-5-11-6-4-10/h3-6H,2,7-8H2,1H3. The summed E-state index contributed by atoms with van der Waals surface area (Å²) in [5, 5.41) is 0. The van der Waals surface area contributed by atoms with Gasteiger partial charge < -0.3 is 4.74 Å². The van der Waals surface area contributed by atoms with Crippen molar-refractivity contribution in [3.05, 3.63) is 24.5 Å². The van der Waals surface area contributed by atoms with E-state index >= 15 is 0 Å². The van der Waals surface area contributed by atoms with Crippen LogP contribution in [0.3, 0.4) is 0 Å². The van der Waals surface area contributed by atoms with E-state index in [1.54, 1.807) is 24.2 Å². The molecule has 0 N–H and O–H groups in total. The molecule has 0 saturated heterocycles. The summed E-state index contributed by atoms with van der Waals surface area (Å²) in [6.45, 7) is 1.93. The first-order valence-electron chi connectivity index (χ1n) is 4.45. The first kappa shape index (κ1) is 11.0. The van der Waals surface area contributed by atoms with Crippen LogP contribution in [-0.2, 0) is 9.53 Å². The van der Waals surface area contributed by atoms with Crippen molar-refractivity contribution in [2.75, 3.05) is 12.4 Å². The van der Waals surface area contributed by atoms with Crippen LogP contribution in [0.5, 0.6) is 0 Å². The highest BCUT2D eigenvalue weighted by molar-refractivity contribution is 7.99. The molecule has 14 heavy (non-hydrogen) atoms. The van der Waals surface area contributed by atoms with E-state index in [9.17, 15) is 4.79 Å². The van der Waals surface area contributed by atoms with Gasteiger partial charge in [0.25, 0.3) is 0 Å². The van der Waals surface area contributed by atoms with Crippen LogP contribution in [-0.4, -0.2) is 23.3 Å². The van der Waals surface area contributed by atoms with Gasteiger partial charge in [-0.1, -0.05) is 0 Å². The fourth-order valence-corrected chi connectivity index (χ4v) is 1.71. The maximum absolute atomic E-state index is 10.4. The Balaban J connectivity index is 2.08. The number of esters is 1. The lowest BCUT2D eigenvalue weighted by atomic mass is 10.5. The van der Waals surface area contributed by atoms with Gasteiger partial charge in [0.05, 0.1) is 6.61 Å². The number of carbonyl (C=O) groups is 1. The van der Waals surface area contributed by atoms with Gasteiger partial charge in [0.15, 0.2) is 0 Å². The second-order valence-corrected chi connectivity index (χ2v) is 3.89. The van der Waals surface area contributed by atoms with Crippen molar-refractivity contribution in [2.24, 2.45) is 0 Å². The molecule has 0 amide bonds. The highest BCUT2D eigenvalue weighted by Crippen LogP contribution is 2.16. The highest BCUT2D eigenvalue weighted by atomic mass is 32.2.